The van der Waals surface area contributed by atoms with Crippen LogP contribution in [0.3, 0.4) is 0 Å². The Morgan fingerprint density at radius 3 is 2.69 bits per heavy atom. The van der Waals surface area contributed by atoms with Crippen molar-refractivity contribution in [3.8, 4) is 11.8 Å². The number of rotatable bonds is 13. The average molecular weight is 605 g/mol. The second-order valence-electron chi connectivity index (χ2n) is 9.97. The van der Waals surface area contributed by atoms with E-state index < -0.39 is 50.3 Å². The molecule has 1 fully saturated rings. The molecule has 4 N–H and O–H groups in total. The molecule has 1 aliphatic rings. The molecule has 15 heteroatoms. The topological polar surface area (TPSA) is 183 Å². The number of alkyl halides is 1. The van der Waals surface area contributed by atoms with Gasteiger partial charge in [0.15, 0.2) is 12.0 Å². The van der Waals surface area contributed by atoms with Gasteiger partial charge in [-0.2, -0.15) is 15.4 Å². The van der Waals surface area contributed by atoms with Crippen molar-refractivity contribution in [2.45, 2.75) is 63.6 Å². The summed E-state index contributed by atoms with van der Waals surface area (Å²) in [6.07, 6.45) is -2.75. The first-order chi connectivity index (χ1) is 20.1. The van der Waals surface area contributed by atoms with Crippen molar-refractivity contribution in [2.24, 2.45) is 5.92 Å². The maximum absolute atomic E-state index is 15.5. The number of aliphatic hydroxyl groups excluding tert-OH is 1. The van der Waals surface area contributed by atoms with Gasteiger partial charge in [-0.25, -0.2) is 18.5 Å². The van der Waals surface area contributed by atoms with Crippen LogP contribution in [-0.4, -0.2) is 62.8 Å². The average Bonchev–Trinajstić information content (AvgIpc) is 3.52. The first-order valence-corrected chi connectivity index (χ1v) is 15.0. The summed E-state index contributed by atoms with van der Waals surface area (Å²) in [5.74, 6) is -0.260. The molecule has 1 saturated heterocycles. The van der Waals surface area contributed by atoms with Crippen molar-refractivity contribution in [3.05, 3.63) is 54.5 Å². The molecule has 226 valence electrons. The lowest BCUT2D eigenvalue weighted by molar-refractivity contribution is -0.146. The molecule has 6 atom stereocenters. The molecule has 0 spiro atoms. The zero-order chi connectivity index (χ0) is 30.5. The van der Waals surface area contributed by atoms with Crippen LogP contribution in [0.2, 0.25) is 0 Å². The third-order valence-electron chi connectivity index (χ3n) is 7.14. The largest absolute Gasteiger partial charge is 0.464 e. The van der Waals surface area contributed by atoms with Gasteiger partial charge in [0.2, 0.25) is 5.60 Å². The van der Waals surface area contributed by atoms with Crippen molar-refractivity contribution >= 4 is 25.1 Å². The second kappa shape index (κ2) is 13.1. The number of nitrogens with zero attached hydrogens (tertiary/aromatic N) is 4. The molecular weight excluding hydrogens is 570 g/mol. The van der Waals surface area contributed by atoms with Crippen molar-refractivity contribution in [1.29, 1.82) is 5.26 Å². The SMILES string of the molecule is CCC(CC)COC(=O)[C@H](C)NP(=O)(OCC1(C#N)O[C@@H](c2ccc3c(N)ncnn23)[C@H](F)[C@@H]1O)Oc1ccccc1. The molecule has 2 aromatic heterocycles. The van der Waals surface area contributed by atoms with E-state index in [1.165, 1.54) is 36.0 Å². The summed E-state index contributed by atoms with van der Waals surface area (Å²) in [6.45, 7) is 4.69. The monoisotopic (exact) mass is 604 g/mol. The summed E-state index contributed by atoms with van der Waals surface area (Å²) in [7, 11) is -4.45. The Labute approximate surface area is 242 Å². The van der Waals surface area contributed by atoms with Gasteiger partial charge < -0.3 is 24.8 Å². The molecule has 0 bridgehead atoms. The summed E-state index contributed by atoms with van der Waals surface area (Å²) in [5, 5.41) is 27.5. The normalized spacial score (nSPS) is 24.3. The van der Waals surface area contributed by atoms with Gasteiger partial charge in [0.25, 0.3) is 0 Å². The highest BCUT2D eigenvalue weighted by molar-refractivity contribution is 7.52. The third-order valence-corrected chi connectivity index (χ3v) is 8.76. The highest BCUT2D eigenvalue weighted by atomic mass is 31.2. The van der Waals surface area contributed by atoms with E-state index in [-0.39, 0.29) is 29.8 Å². The van der Waals surface area contributed by atoms with Crippen molar-refractivity contribution in [1.82, 2.24) is 19.7 Å². The molecule has 13 nitrogen and oxygen atoms in total. The molecule has 3 aromatic rings. The lowest BCUT2D eigenvalue weighted by Crippen LogP contribution is -2.45. The van der Waals surface area contributed by atoms with E-state index in [1.807, 2.05) is 13.8 Å². The molecule has 0 amide bonds. The highest BCUT2D eigenvalue weighted by Crippen LogP contribution is 2.49. The van der Waals surface area contributed by atoms with E-state index in [1.54, 1.807) is 30.3 Å². The molecule has 1 aromatic carbocycles. The molecule has 1 aliphatic heterocycles. The number of nitriles is 1. The van der Waals surface area contributed by atoms with Gasteiger partial charge >= 0.3 is 13.7 Å². The van der Waals surface area contributed by atoms with Crippen LogP contribution < -0.4 is 15.3 Å². The van der Waals surface area contributed by atoms with Gasteiger partial charge in [-0.3, -0.25) is 9.32 Å². The maximum Gasteiger partial charge on any atom is 0.459 e. The molecule has 0 saturated carbocycles. The number of halogens is 1. The van der Waals surface area contributed by atoms with Gasteiger partial charge in [0, 0.05) is 0 Å². The van der Waals surface area contributed by atoms with Gasteiger partial charge in [-0.05, 0) is 37.1 Å². The lowest BCUT2D eigenvalue weighted by Gasteiger charge is -2.28. The second-order valence-corrected chi connectivity index (χ2v) is 11.7. The number of para-hydroxylation sites is 1. The van der Waals surface area contributed by atoms with E-state index in [2.05, 4.69) is 15.2 Å². The molecule has 42 heavy (non-hydrogen) atoms. The molecule has 4 rings (SSSR count). The van der Waals surface area contributed by atoms with Crippen LogP contribution in [0.4, 0.5) is 10.2 Å². The highest BCUT2D eigenvalue weighted by Gasteiger charge is 2.58. The van der Waals surface area contributed by atoms with Gasteiger partial charge in [0.1, 0.15) is 48.5 Å². The fraction of sp³-hybridized carbons (Fsp3) is 0.481. The van der Waals surface area contributed by atoms with E-state index in [9.17, 15) is 19.7 Å². The van der Waals surface area contributed by atoms with Gasteiger partial charge in [-0.15, -0.1) is 0 Å². The van der Waals surface area contributed by atoms with E-state index in [0.717, 1.165) is 12.8 Å². The first kappa shape index (κ1) is 31.3. The number of nitrogens with one attached hydrogen (secondary N) is 1. The maximum atomic E-state index is 15.5. The first-order valence-electron chi connectivity index (χ1n) is 13.5. The minimum absolute atomic E-state index is 0.128. The number of aliphatic hydroxyl groups is 1. The van der Waals surface area contributed by atoms with Crippen LogP contribution in [0.5, 0.6) is 5.75 Å². The number of nitrogens with two attached hydrogens (primary N) is 1. The van der Waals surface area contributed by atoms with E-state index in [0.29, 0.717) is 5.52 Å². The molecular formula is C27H34FN6O7P. The molecule has 3 heterocycles. The summed E-state index contributed by atoms with van der Waals surface area (Å²) in [5.41, 5.74) is 4.10. The minimum atomic E-state index is -4.45. The van der Waals surface area contributed by atoms with Crippen LogP contribution >= 0.6 is 7.75 Å². The zero-order valence-corrected chi connectivity index (χ0v) is 24.3. The number of fused-ring (bicyclic) bond motifs is 1. The van der Waals surface area contributed by atoms with Gasteiger partial charge in [-0.1, -0.05) is 44.9 Å². The number of esters is 1. The predicted octanol–water partition coefficient (Wildman–Crippen LogP) is 3.51. The van der Waals surface area contributed by atoms with Crippen LogP contribution in [0, 0.1) is 17.2 Å². The van der Waals surface area contributed by atoms with Crippen LogP contribution in [0.25, 0.3) is 5.52 Å². The summed E-state index contributed by atoms with van der Waals surface area (Å²) < 4.78 is 53.1. The Morgan fingerprint density at radius 2 is 2.02 bits per heavy atom. The Balaban J connectivity index is 1.55. The van der Waals surface area contributed by atoms with Crippen molar-refractivity contribution in [2.75, 3.05) is 18.9 Å². The lowest BCUT2D eigenvalue weighted by atomic mass is 9.97. The molecule has 2 unspecified atom stereocenters. The fourth-order valence-corrected chi connectivity index (χ4v) is 5.99. The number of aromatic nitrogens is 3. The van der Waals surface area contributed by atoms with Crippen molar-refractivity contribution in [3.63, 3.8) is 0 Å². The minimum Gasteiger partial charge on any atom is -0.464 e. The van der Waals surface area contributed by atoms with Crippen LogP contribution in [0.15, 0.2) is 48.8 Å². The number of benzene rings is 1. The number of ether oxygens (including phenoxy) is 2. The van der Waals surface area contributed by atoms with Gasteiger partial charge in [0.05, 0.1) is 12.3 Å². The van der Waals surface area contributed by atoms with Crippen molar-refractivity contribution < 1.29 is 37.4 Å². The molecule has 0 aliphatic carbocycles. The summed E-state index contributed by atoms with van der Waals surface area (Å²) in [6, 6.07) is 11.6. The zero-order valence-electron chi connectivity index (χ0n) is 23.4. The van der Waals surface area contributed by atoms with E-state index in [4.69, 9.17) is 24.3 Å². The summed E-state index contributed by atoms with van der Waals surface area (Å²) >= 11 is 0. The quantitative estimate of drug-likeness (QED) is 0.191. The standard InChI is InChI=1S/C27H34FN6O7P/c1-4-18(5-2)13-38-26(36)17(3)33-42(37,41-19-9-7-6-8-10-19)39-15-27(14-29)24(35)22(28)23(40-27)20-11-12-21-25(30)31-16-32-34(20)21/h6-12,16-18,22-24,35H,4-5,13,15H2,1-3H3,(H,33,37)(H2,30,31,32)/t17-,22-,23-,24-,27?,42?/m0/s1. The Hall–Kier alpha value is -3.60. The number of nitrogen functional groups attached to an aromatic ring is 1. The number of hydrogen-bond acceptors (Lipinski definition) is 11. The number of hydrogen-bond donors (Lipinski definition) is 3. The number of carbonyl (C=O) groups excluding carboxylic acids is 1. The Morgan fingerprint density at radius 1 is 1.31 bits per heavy atom. The van der Waals surface area contributed by atoms with Crippen LogP contribution in [0.1, 0.15) is 45.4 Å². The van der Waals surface area contributed by atoms with E-state index >= 15 is 4.39 Å². The van der Waals surface area contributed by atoms with Crippen LogP contribution in [-0.2, 0) is 23.4 Å². The fourth-order valence-electron chi connectivity index (χ4n) is 4.47. The third kappa shape index (κ3) is 6.56. The molecule has 0 radical (unpaired) electrons. The Kier molecular flexibility index (Phi) is 9.81. The number of carbonyl (C=O) groups is 1. The smallest absolute Gasteiger partial charge is 0.459 e. The predicted molar refractivity (Wildman–Crippen MR) is 149 cm³/mol. The summed E-state index contributed by atoms with van der Waals surface area (Å²) in [4.78, 5) is 16.6. The number of anilines is 1. The Bertz CT molecular complexity index is 1470.